The Kier molecular flexibility index (Phi) is 4.17. The molecule has 0 radical (unpaired) electrons. The molecule has 5 nitrogen and oxygen atoms in total. The molecule has 0 spiro atoms. The average Bonchev–Trinajstić information content (AvgIpc) is 2.39. The van der Waals surface area contributed by atoms with E-state index < -0.39 is 0 Å². The van der Waals surface area contributed by atoms with Gasteiger partial charge in [-0.2, -0.15) is 0 Å². The van der Waals surface area contributed by atoms with E-state index in [1.54, 1.807) is 7.11 Å². The van der Waals surface area contributed by atoms with Crippen LogP contribution in [0, 0.1) is 5.41 Å². The number of ether oxygens (including phenoxy) is 2. The van der Waals surface area contributed by atoms with Crippen LogP contribution in [-0.2, 0) is 11.3 Å². The topological polar surface area (TPSA) is 71.6 Å². The van der Waals surface area contributed by atoms with Crippen LogP contribution in [0.2, 0.25) is 0 Å². The van der Waals surface area contributed by atoms with Crippen LogP contribution < -0.4 is 10.5 Å². The fourth-order valence-corrected chi connectivity index (χ4v) is 2.07. The summed E-state index contributed by atoms with van der Waals surface area (Å²) >= 11 is 0. The molecule has 5 heteroatoms. The number of nitrogens with zero attached hydrogens (tertiary/aromatic N) is 1. The summed E-state index contributed by atoms with van der Waals surface area (Å²) in [5.74, 6) is 0.923. The Balaban J connectivity index is 2.17. The van der Waals surface area contributed by atoms with Gasteiger partial charge in [-0.05, 0) is 18.2 Å². The second-order valence-corrected chi connectivity index (χ2v) is 4.33. The van der Waals surface area contributed by atoms with Gasteiger partial charge < -0.3 is 15.2 Å². The maximum absolute atomic E-state index is 7.48. The highest BCUT2D eigenvalue weighted by atomic mass is 16.5. The molecule has 1 heterocycles. The summed E-state index contributed by atoms with van der Waals surface area (Å²) in [6.07, 6.45) is 0. The number of hydrogen-bond acceptors (Lipinski definition) is 4. The Hall–Kier alpha value is -1.59. The fraction of sp³-hybridized carbons (Fsp3) is 0.462. The number of nitrogens with two attached hydrogens (primary N) is 1. The number of hydrogen-bond donors (Lipinski definition) is 2. The monoisotopic (exact) mass is 249 g/mol. The Labute approximate surface area is 107 Å². The zero-order valence-corrected chi connectivity index (χ0v) is 10.6. The Morgan fingerprint density at radius 1 is 1.44 bits per heavy atom. The third kappa shape index (κ3) is 3.00. The molecule has 3 N–H and O–H groups in total. The molecule has 1 aliphatic heterocycles. The van der Waals surface area contributed by atoms with Gasteiger partial charge >= 0.3 is 0 Å². The van der Waals surface area contributed by atoms with Crippen LogP contribution in [0.5, 0.6) is 5.75 Å². The van der Waals surface area contributed by atoms with E-state index in [4.69, 9.17) is 20.6 Å². The number of nitrogen functional groups attached to an aromatic ring is 1. The van der Waals surface area contributed by atoms with Gasteiger partial charge in [-0.25, -0.2) is 0 Å². The summed E-state index contributed by atoms with van der Waals surface area (Å²) in [6.45, 7) is 4.19. The molecule has 0 aromatic heterocycles. The lowest BCUT2D eigenvalue weighted by atomic mass is 10.1. The molecule has 1 aromatic carbocycles. The summed E-state index contributed by atoms with van der Waals surface area (Å²) in [7, 11) is 1.66. The van der Waals surface area contributed by atoms with Crippen LogP contribution in [0.15, 0.2) is 18.2 Å². The zero-order valence-electron chi connectivity index (χ0n) is 10.6. The lowest BCUT2D eigenvalue weighted by molar-refractivity contribution is 0.0339. The van der Waals surface area contributed by atoms with Crippen LogP contribution in [0.3, 0.4) is 0 Å². The zero-order chi connectivity index (χ0) is 13.0. The minimum atomic E-state index is 0.0841. The van der Waals surface area contributed by atoms with E-state index >= 15 is 0 Å². The van der Waals surface area contributed by atoms with E-state index in [1.807, 2.05) is 18.2 Å². The standard InChI is InChI=1S/C13H19N3O2/c1-17-12-3-2-10(13(14)15)8-11(12)9-16-4-6-18-7-5-16/h2-3,8H,4-7,9H2,1H3,(H3,14,15). The van der Waals surface area contributed by atoms with Crippen molar-refractivity contribution < 1.29 is 9.47 Å². The molecule has 0 atom stereocenters. The third-order valence-corrected chi connectivity index (χ3v) is 3.09. The number of nitrogens with one attached hydrogen (secondary N) is 1. The Bertz CT molecular complexity index is 428. The summed E-state index contributed by atoms with van der Waals surface area (Å²) in [5, 5.41) is 7.48. The van der Waals surface area contributed by atoms with Gasteiger partial charge in [0.15, 0.2) is 0 Å². The predicted octanol–water partition coefficient (Wildman–Crippen LogP) is 0.811. The van der Waals surface area contributed by atoms with Crippen LogP contribution in [0.25, 0.3) is 0 Å². The number of benzene rings is 1. The fourth-order valence-electron chi connectivity index (χ4n) is 2.07. The second kappa shape index (κ2) is 5.84. The van der Waals surface area contributed by atoms with Gasteiger partial charge in [-0.15, -0.1) is 0 Å². The van der Waals surface area contributed by atoms with E-state index in [-0.39, 0.29) is 5.84 Å². The maximum atomic E-state index is 7.48. The van der Waals surface area contributed by atoms with Crippen molar-refractivity contribution in [3.63, 3.8) is 0 Å². The third-order valence-electron chi connectivity index (χ3n) is 3.09. The molecule has 1 fully saturated rings. The minimum absolute atomic E-state index is 0.0841. The van der Waals surface area contributed by atoms with E-state index in [2.05, 4.69) is 4.90 Å². The molecule has 0 unspecified atom stereocenters. The van der Waals surface area contributed by atoms with E-state index in [9.17, 15) is 0 Å². The number of amidine groups is 1. The molecular formula is C13H19N3O2. The van der Waals surface area contributed by atoms with Gasteiger partial charge in [-0.3, -0.25) is 10.3 Å². The van der Waals surface area contributed by atoms with Crippen molar-refractivity contribution in [1.82, 2.24) is 4.90 Å². The van der Waals surface area contributed by atoms with Crippen LogP contribution in [0.4, 0.5) is 0 Å². The minimum Gasteiger partial charge on any atom is -0.496 e. The first-order chi connectivity index (χ1) is 8.70. The van der Waals surface area contributed by atoms with Crippen LogP contribution >= 0.6 is 0 Å². The summed E-state index contributed by atoms with van der Waals surface area (Å²) in [5.41, 5.74) is 7.31. The maximum Gasteiger partial charge on any atom is 0.123 e. The van der Waals surface area contributed by atoms with E-state index in [0.717, 1.165) is 49.7 Å². The summed E-state index contributed by atoms with van der Waals surface area (Å²) in [6, 6.07) is 5.60. The highest BCUT2D eigenvalue weighted by Gasteiger charge is 2.14. The lowest BCUT2D eigenvalue weighted by Gasteiger charge is -2.27. The number of morpholine rings is 1. The van der Waals surface area contributed by atoms with Gasteiger partial charge in [0.1, 0.15) is 11.6 Å². The van der Waals surface area contributed by atoms with Crippen molar-refractivity contribution in [3.8, 4) is 5.75 Å². The Morgan fingerprint density at radius 2 is 2.17 bits per heavy atom. The van der Waals surface area contributed by atoms with Crippen molar-refractivity contribution in [3.05, 3.63) is 29.3 Å². The van der Waals surface area contributed by atoms with Crippen LogP contribution in [0.1, 0.15) is 11.1 Å². The smallest absolute Gasteiger partial charge is 0.123 e. The first-order valence-electron chi connectivity index (χ1n) is 6.02. The molecule has 2 rings (SSSR count). The van der Waals surface area contributed by atoms with Gasteiger partial charge in [0.2, 0.25) is 0 Å². The van der Waals surface area contributed by atoms with Gasteiger partial charge in [0.05, 0.1) is 20.3 Å². The summed E-state index contributed by atoms with van der Waals surface area (Å²) in [4.78, 5) is 2.31. The van der Waals surface area contributed by atoms with Gasteiger partial charge in [0, 0.05) is 30.8 Å². The second-order valence-electron chi connectivity index (χ2n) is 4.33. The van der Waals surface area contributed by atoms with Gasteiger partial charge in [-0.1, -0.05) is 0 Å². The van der Waals surface area contributed by atoms with Crippen molar-refractivity contribution in [2.24, 2.45) is 5.73 Å². The molecule has 18 heavy (non-hydrogen) atoms. The predicted molar refractivity (Wildman–Crippen MR) is 70.1 cm³/mol. The highest BCUT2D eigenvalue weighted by Crippen LogP contribution is 2.22. The molecule has 0 aliphatic carbocycles. The van der Waals surface area contributed by atoms with Crippen LogP contribution in [-0.4, -0.2) is 44.1 Å². The summed E-state index contributed by atoms with van der Waals surface area (Å²) < 4.78 is 10.7. The molecule has 1 saturated heterocycles. The molecule has 98 valence electrons. The van der Waals surface area contributed by atoms with E-state index in [1.165, 1.54) is 0 Å². The Morgan fingerprint density at radius 3 is 2.78 bits per heavy atom. The van der Waals surface area contributed by atoms with Crippen molar-refractivity contribution in [1.29, 1.82) is 5.41 Å². The quantitative estimate of drug-likeness (QED) is 0.612. The molecule has 0 saturated carbocycles. The number of methoxy groups -OCH3 is 1. The number of rotatable bonds is 4. The molecule has 0 bridgehead atoms. The average molecular weight is 249 g/mol. The van der Waals surface area contributed by atoms with E-state index in [0.29, 0.717) is 0 Å². The molecule has 1 aromatic rings. The van der Waals surface area contributed by atoms with Crippen molar-refractivity contribution in [2.45, 2.75) is 6.54 Å². The van der Waals surface area contributed by atoms with Crippen molar-refractivity contribution >= 4 is 5.84 Å². The first-order valence-corrected chi connectivity index (χ1v) is 6.02. The van der Waals surface area contributed by atoms with Crippen molar-refractivity contribution in [2.75, 3.05) is 33.4 Å². The SMILES string of the molecule is COc1ccc(C(=N)N)cc1CN1CCOCC1. The highest BCUT2D eigenvalue weighted by molar-refractivity contribution is 5.95. The largest absolute Gasteiger partial charge is 0.496 e. The molecule has 1 aliphatic rings. The lowest BCUT2D eigenvalue weighted by Crippen LogP contribution is -2.35. The molecule has 0 amide bonds. The first kappa shape index (κ1) is 12.9. The van der Waals surface area contributed by atoms with Gasteiger partial charge in [0.25, 0.3) is 0 Å². The normalized spacial score (nSPS) is 16.5. The molecular weight excluding hydrogens is 230 g/mol.